The van der Waals surface area contributed by atoms with Gasteiger partial charge in [0, 0.05) is 13.6 Å². The number of hydrogen-bond donors (Lipinski definition) is 0. The summed E-state index contributed by atoms with van der Waals surface area (Å²) in [4.78, 5) is 12.6. The lowest BCUT2D eigenvalue weighted by atomic mass is 10.1. The Morgan fingerprint density at radius 3 is 2.80 bits per heavy atom. The van der Waals surface area contributed by atoms with Gasteiger partial charge in [-0.05, 0) is 25.5 Å². The maximum absolute atomic E-state index is 11.3. The molecule has 0 spiro atoms. The molecule has 0 saturated heterocycles. The van der Waals surface area contributed by atoms with Gasteiger partial charge in [-0.15, -0.1) is 0 Å². The topological polar surface area (TPSA) is 79.4 Å². The molecule has 0 fully saturated rings. The van der Waals surface area contributed by atoms with Gasteiger partial charge in [-0.2, -0.15) is 5.26 Å². The highest BCUT2D eigenvalue weighted by molar-refractivity contribution is 5.69. The number of ether oxygens (including phenoxy) is 1. The normalized spacial score (nSPS) is 11.5. The Labute approximate surface area is 118 Å². The number of nitriles is 1. The van der Waals surface area contributed by atoms with Crippen LogP contribution in [-0.2, 0) is 0 Å². The number of anilines is 1. The van der Waals surface area contributed by atoms with Crippen LogP contribution < -0.4 is 9.64 Å². The van der Waals surface area contributed by atoms with Gasteiger partial charge in [0.25, 0.3) is 0 Å². The van der Waals surface area contributed by atoms with Crippen molar-refractivity contribution < 1.29 is 9.66 Å². The predicted molar refractivity (Wildman–Crippen MR) is 76.9 cm³/mol. The first-order chi connectivity index (χ1) is 9.51. The van der Waals surface area contributed by atoms with E-state index in [-0.39, 0.29) is 17.4 Å². The predicted octanol–water partition coefficient (Wildman–Crippen LogP) is 2.98. The van der Waals surface area contributed by atoms with Crippen molar-refractivity contribution in [1.29, 1.82) is 5.26 Å². The quantitative estimate of drug-likeness (QED) is 0.565. The van der Waals surface area contributed by atoms with E-state index in [0.29, 0.717) is 18.8 Å². The summed E-state index contributed by atoms with van der Waals surface area (Å²) in [5, 5.41) is 20.1. The lowest BCUT2D eigenvalue weighted by Gasteiger charge is -2.21. The zero-order valence-corrected chi connectivity index (χ0v) is 12.0. The number of nitro groups is 1. The lowest BCUT2D eigenvalue weighted by Crippen LogP contribution is -2.24. The maximum Gasteiger partial charge on any atom is 0.333 e. The van der Waals surface area contributed by atoms with Gasteiger partial charge in [-0.1, -0.05) is 13.0 Å². The van der Waals surface area contributed by atoms with Crippen LogP contribution in [0.2, 0.25) is 0 Å². The molecule has 1 aromatic rings. The average Bonchev–Trinajstić information content (AvgIpc) is 2.44. The standard InChI is InChI=1S/C14H19N3O3/c1-4-8-20-13-7-5-6-12(14(13)17(18)19)16(3)10-11(2)9-15/h5-7,11H,4,8,10H2,1-3H3. The minimum absolute atomic E-state index is 0.0476. The molecule has 0 aliphatic rings. The number of hydrogen-bond acceptors (Lipinski definition) is 5. The first kappa shape index (κ1) is 15.8. The van der Waals surface area contributed by atoms with Crippen LogP contribution in [0.5, 0.6) is 5.75 Å². The molecule has 108 valence electrons. The molecule has 0 amide bonds. The minimum Gasteiger partial charge on any atom is -0.487 e. The molecule has 0 heterocycles. The summed E-state index contributed by atoms with van der Waals surface area (Å²) in [6.07, 6.45) is 0.780. The van der Waals surface area contributed by atoms with Crippen molar-refractivity contribution in [2.24, 2.45) is 5.92 Å². The zero-order chi connectivity index (χ0) is 15.1. The average molecular weight is 277 g/mol. The molecular weight excluding hydrogens is 258 g/mol. The van der Waals surface area contributed by atoms with Crippen molar-refractivity contribution in [1.82, 2.24) is 0 Å². The van der Waals surface area contributed by atoms with Crippen molar-refractivity contribution in [3.05, 3.63) is 28.3 Å². The van der Waals surface area contributed by atoms with Crippen molar-refractivity contribution in [3.63, 3.8) is 0 Å². The third kappa shape index (κ3) is 3.85. The summed E-state index contributed by atoms with van der Waals surface area (Å²) in [6, 6.07) is 7.11. The fourth-order valence-electron chi connectivity index (χ4n) is 1.88. The first-order valence-electron chi connectivity index (χ1n) is 6.52. The Morgan fingerprint density at radius 1 is 1.55 bits per heavy atom. The SMILES string of the molecule is CCCOc1cccc(N(C)CC(C)C#N)c1[N+](=O)[O-]. The molecule has 0 aliphatic heterocycles. The van der Waals surface area contributed by atoms with Crippen LogP contribution in [0.15, 0.2) is 18.2 Å². The van der Waals surface area contributed by atoms with Gasteiger partial charge in [-0.3, -0.25) is 10.1 Å². The second-order valence-electron chi connectivity index (χ2n) is 4.64. The molecule has 0 N–H and O–H groups in total. The summed E-state index contributed by atoms with van der Waals surface area (Å²) in [6.45, 7) is 4.58. The van der Waals surface area contributed by atoms with E-state index in [9.17, 15) is 10.1 Å². The van der Waals surface area contributed by atoms with Gasteiger partial charge in [0.2, 0.25) is 0 Å². The summed E-state index contributed by atoms with van der Waals surface area (Å²) >= 11 is 0. The molecule has 1 rings (SSSR count). The zero-order valence-electron chi connectivity index (χ0n) is 12.0. The van der Waals surface area contributed by atoms with E-state index < -0.39 is 4.92 Å². The smallest absolute Gasteiger partial charge is 0.333 e. The van der Waals surface area contributed by atoms with Gasteiger partial charge in [0.1, 0.15) is 5.69 Å². The van der Waals surface area contributed by atoms with E-state index in [2.05, 4.69) is 6.07 Å². The number of para-hydroxylation sites is 1. The van der Waals surface area contributed by atoms with Gasteiger partial charge >= 0.3 is 5.69 Å². The van der Waals surface area contributed by atoms with Crippen LogP contribution in [0, 0.1) is 27.4 Å². The van der Waals surface area contributed by atoms with Crippen molar-refractivity contribution >= 4 is 11.4 Å². The van der Waals surface area contributed by atoms with Crippen LogP contribution in [0.1, 0.15) is 20.3 Å². The third-order valence-electron chi connectivity index (χ3n) is 2.80. The van der Waals surface area contributed by atoms with Crippen LogP contribution in [0.3, 0.4) is 0 Å². The Hall–Kier alpha value is -2.29. The van der Waals surface area contributed by atoms with Gasteiger partial charge in [-0.25, -0.2) is 0 Å². The summed E-state index contributed by atoms with van der Waals surface area (Å²) < 4.78 is 5.44. The molecule has 1 atom stereocenters. The molecule has 6 heteroatoms. The van der Waals surface area contributed by atoms with Gasteiger partial charge < -0.3 is 9.64 Å². The van der Waals surface area contributed by atoms with Crippen molar-refractivity contribution in [3.8, 4) is 11.8 Å². The lowest BCUT2D eigenvalue weighted by molar-refractivity contribution is -0.385. The van der Waals surface area contributed by atoms with Gasteiger partial charge in [0.15, 0.2) is 5.75 Å². The Morgan fingerprint density at radius 2 is 2.25 bits per heavy atom. The van der Waals surface area contributed by atoms with E-state index in [1.54, 1.807) is 37.1 Å². The second-order valence-corrected chi connectivity index (χ2v) is 4.64. The maximum atomic E-state index is 11.3. The summed E-state index contributed by atoms with van der Waals surface area (Å²) in [5.74, 6) is 0.0608. The molecule has 0 bridgehead atoms. The van der Waals surface area contributed by atoms with E-state index in [0.717, 1.165) is 6.42 Å². The minimum atomic E-state index is -0.437. The monoisotopic (exact) mass is 277 g/mol. The molecule has 0 saturated carbocycles. The second kappa shape index (κ2) is 7.34. The number of nitro benzene ring substituents is 1. The fourth-order valence-corrected chi connectivity index (χ4v) is 1.88. The Balaban J connectivity index is 3.12. The summed E-state index contributed by atoms with van der Waals surface area (Å²) in [5.41, 5.74) is 0.416. The van der Waals surface area contributed by atoms with Crippen molar-refractivity contribution in [2.75, 3.05) is 25.1 Å². The molecule has 6 nitrogen and oxygen atoms in total. The van der Waals surface area contributed by atoms with Gasteiger partial charge in [0.05, 0.1) is 23.5 Å². The Kier molecular flexibility index (Phi) is 5.78. The molecule has 1 unspecified atom stereocenters. The highest BCUT2D eigenvalue weighted by Gasteiger charge is 2.24. The van der Waals surface area contributed by atoms with Crippen LogP contribution in [0.25, 0.3) is 0 Å². The van der Waals surface area contributed by atoms with E-state index in [1.807, 2.05) is 6.92 Å². The first-order valence-corrected chi connectivity index (χ1v) is 6.52. The fraction of sp³-hybridized carbons (Fsp3) is 0.500. The van der Waals surface area contributed by atoms with E-state index >= 15 is 0 Å². The largest absolute Gasteiger partial charge is 0.487 e. The highest BCUT2D eigenvalue weighted by Crippen LogP contribution is 2.36. The van der Waals surface area contributed by atoms with Crippen molar-refractivity contribution in [2.45, 2.75) is 20.3 Å². The molecule has 0 aliphatic carbocycles. The molecule has 20 heavy (non-hydrogen) atoms. The third-order valence-corrected chi connectivity index (χ3v) is 2.80. The molecule has 0 aromatic heterocycles. The van der Waals surface area contributed by atoms with Crippen LogP contribution >= 0.6 is 0 Å². The number of nitrogens with zero attached hydrogens (tertiary/aromatic N) is 3. The van der Waals surface area contributed by atoms with E-state index in [1.165, 1.54) is 0 Å². The number of rotatable bonds is 7. The van der Waals surface area contributed by atoms with Crippen LogP contribution in [-0.4, -0.2) is 25.1 Å². The van der Waals surface area contributed by atoms with Crippen LogP contribution in [0.4, 0.5) is 11.4 Å². The molecular formula is C14H19N3O3. The molecule has 1 aromatic carbocycles. The summed E-state index contributed by atoms with van der Waals surface area (Å²) in [7, 11) is 1.74. The Bertz CT molecular complexity index is 511. The highest BCUT2D eigenvalue weighted by atomic mass is 16.6. The van der Waals surface area contributed by atoms with E-state index in [4.69, 9.17) is 10.00 Å². The number of benzene rings is 1. The molecule has 0 radical (unpaired) electrons.